The van der Waals surface area contributed by atoms with Crippen molar-refractivity contribution in [3.63, 3.8) is 0 Å². The van der Waals surface area contributed by atoms with Gasteiger partial charge in [0.05, 0.1) is 12.1 Å². The van der Waals surface area contributed by atoms with Crippen LogP contribution in [-0.4, -0.2) is 122 Å². The van der Waals surface area contributed by atoms with Crippen LogP contribution in [0.15, 0.2) is 0 Å². The van der Waals surface area contributed by atoms with Crippen molar-refractivity contribution in [2.24, 2.45) is 5.73 Å². The van der Waals surface area contributed by atoms with Crippen LogP contribution in [0.4, 0.5) is 4.79 Å². The van der Waals surface area contributed by atoms with Gasteiger partial charge in [0.2, 0.25) is 29.5 Å². The molecule has 0 aromatic heterocycles. The number of hydrogen-bond acceptors (Lipinski definition) is 8. The quantitative estimate of drug-likeness (QED) is 0.108. The van der Waals surface area contributed by atoms with E-state index in [0.29, 0.717) is 32.5 Å². The Balaban J connectivity index is 1.92. The highest BCUT2D eigenvalue weighted by Gasteiger charge is 2.37. The Morgan fingerprint density at radius 3 is 1.71 bits per heavy atom. The standard InChI is InChI=1S/C26H47N9O6/c1-16(28-3)22(37)32-18(24(39)34-13-5-6-14-34)9-11-30-26(41)31-12-10-19(33-23(38)17(2)29-4)25(40)35-15-7-8-20(35)21(27)36/h16-20,28-29H,5-15H2,1-4H3,(H2,27,36)(H,32,37)(H,33,38)(H2,30,31,41)/t16-,17?,18?,19-,20?/m0/s1. The average molecular weight is 582 g/mol. The first-order valence-electron chi connectivity index (χ1n) is 14.4. The van der Waals surface area contributed by atoms with Crippen molar-refractivity contribution < 1.29 is 28.8 Å². The number of likely N-dealkylation sites (N-methyl/N-ethyl adjacent to an activating group) is 2. The van der Waals surface area contributed by atoms with Gasteiger partial charge in [-0.05, 0) is 66.5 Å². The summed E-state index contributed by atoms with van der Waals surface area (Å²) in [6.07, 6.45) is 3.21. The fourth-order valence-electron chi connectivity index (χ4n) is 4.78. The molecular weight excluding hydrogens is 534 g/mol. The molecule has 2 rings (SSSR count). The fraction of sp³-hybridized carbons (Fsp3) is 0.769. The molecule has 0 aliphatic carbocycles. The summed E-state index contributed by atoms with van der Waals surface area (Å²) in [4.78, 5) is 78.5. The summed E-state index contributed by atoms with van der Waals surface area (Å²) in [7, 11) is 3.27. The van der Waals surface area contributed by atoms with E-state index in [-0.39, 0.29) is 37.7 Å². The van der Waals surface area contributed by atoms with Crippen molar-refractivity contribution in [2.45, 2.75) is 82.6 Å². The van der Waals surface area contributed by atoms with E-state index in [0.717, 1.165) is 12.8 Å². The van der Waals surface area contributed by atoms with Gasteiger partial charge in [-0.25, -0.2) is 4.79 Å². The lowest BCUT2D eigenvalue weighted by molar-refractivity contribution is -0.140. The van der Waals surface area contributed by atoms with Crippen molar-refractivity contribution in [3.05, 3.63) is 0 Å². The Kier molecular flexibility index (Phi) is 13.8. The maximum absolute atomic E-state index is 13.2. The van der Waals surface area contributed by atoms with Crippen LogP contribution < -0.4 is 37.6 Å². The van der Waals surface area contributed by atoms with Crippen LogP contribution in [0.2, 0.25) is 0 Å². The molecule has 3 unspecified atom stereocenters. The topological polar surface area (TPSA) is 207 Å². The third-order valence-electron chi connectivity index (χ3n) is 7.60. The van der Waals surface area contributed by atoms with Gasteiger partial charge in [-0.2, -0.15) is 0 Å². The number of carbonyl (C=O) groups excluding carboxylic acids is 6. The zero-order chi connectivity index (χ0) is 30.5. The Morgan fingerprint density at radius 1 is 0.756 bits per heavy atom. The number of likely N-dealkylation sites (tertiary alicyclic amines) is 2. The molecule has 7 amide bonds. The van der Waals surface area contributed by atoms with Crippen molar-refractivity contribution in [2.75, 3.05) is 46.8 Å². The van der Waals surface area contributed by atoms with Crippen LogP contribution in [0.25, 0.3) is 0 Å². The van der Waals surface area contributed by atoms with Crippen LogP contribution in [0.5, 0.6) is 0 Å². The van der Waals surface area contributed by atoms with Gasteiger partial charge in [0, 0.05) is 32.7 Å². The molecule has 0 aromatic rings. The number of primary amides is 1. The molecule has 0 spiro atoms. The third kappa shape index (κ3) is 10.1. The SMILES string of the molecule is CNC(C)C(=O)N[C@@H](CCNC(=O)NCCC(NC(=O)[C@H](C)NC)C(=O)N1CCCC1)C(=O)N1CCCC1C(N)=O. The molecular formula is C26H47N9O6. The summed E-state index contributed by atoms with van der Waals surface area (Å²) in [6, 6.07) is -4.03. The van der Waals surface area contributed by atoms with E-state index < -0.39 is 54.0 Å². The monoisotopic (exact) mass is 581 g/mol. The Bertz CT molecular complexity index is 942. The van der Waals surface area contributed by atoms with Gasteiger partial charge in [-0.1, -0.05) is 0 Å². The number of rotatable bonds is 15. The molecule has 2 aliphatic heterocycles. The minimum atomic E-state index is -0.967. The summed E-state index contributed by atoms with van der Waals surface area (Å²) >= 11 is 0. The highest BCUT2D eigenvalue weighted by atomic mass is 16.2. The van der Waals surface area contributed by atoms with E-state index in [9.17, 15) is 28.8 Å². The summed E-state index contributed by atoms with van der Waals surface area (Å²) in [5.41, 5.74) is 5.46. The molecule has 0 bridgehead atoms. The van der Waals surface area contributed by atoms with Crippen LogP contribution >= 0.6 is 0 Å². The number of amides is 7. The fourth-order valence-corrected chi connectivity index (χ4v) is 4.78. The lowest BCUT2D eigenvalue weighted by Gasteiger charge is -2.28. The van der Waals surface area contributed by atoms with Gasteiger partial charge in [0.15, 0.2) is 0 Å². The van der Waals surface area contributed by atoms with E-state index in [1.807, 2.05) is 0 Å². The van der Waals surface area contributed by atoms with Gasteiger partial charge in [-0.15, -0.1) is 0 Å². The summed E-state index contributed by atoms with van der Waals surface area (Å²) in [6.45, 7) is 5.15. The Morgan fingerprint density at radius 2 is 1.24 bits per heavy atom. The van der Waals surface area contributed by atoms with Gasteiger partial charge < -0.3 is 47.4 Å². The molecule has 232 valence electrons. The first-order chi connectivity index (χ1) is 19.5. The normalized spacial score (nSPS) is 19.6. The molecule has 0 saturated carbocycles. The molecule has 2 aliphatic rings. The highest BCUT2D eigenvalue weighted by molar-refractivity contribution is 5.93. The van der Waals surface area contributed by atoms with Gasteiger partial charge in [0.25, 0.3) is 0 Å². The molecule has 0 radical (unpaired) electrons. The number of nitrogens with one attached hydrogen (secondary N) is 6. The number of nitrogens with zero attached hydrogens (tertiary/aromatic N) is 2. The van der Waals surface area contributed by atoms with Crippen LogP contribution in [0.3, 0.4) is 0 Å². The van der Waals surface area contributed by atoms with Crippen LogP contribution in [0.1, 0.15) is 52.4 Å². The number of hydrogen-bond donors (Lipinski definition) is 7. The number of carbonyl (C=O) groups is 6. The largest absolute Gasteiger partial charge is 0.368 e. The minimum absolute atomic E-state index is 0.0537. The first-order valence-corrected chi connectivity index (χ1v) is 14.4. The van der Waals surface area contributed by atoms with Crippen molar-refractivity contribution >= 4 is 35.6 Å². The first kappa shape index (κ1) is 33.7. The summed E-state index contributed by atoms with van der Waals surface area (Å²) < 4.78 is 0. The molecule has 15 heteroatoms. The predicted molar refractivity (Wildman–Crippen MR) is 151 cm³/mol. The van der Waals surface area contributed by atoms with E-state index in [4.69, 9.17) is 5.73 Å². The maximum Gasteiger partial charge on any atom is 0.314 e. The summed E-state index contributed by atoms with van der Waals surface area (Å²) in [5, 5.41) is 16.5. The van der Waals surface area contributed by atoms with Gasteiger partial charge in [0.1, 0.15) is 18.1 Å². The third-order valence-corrected chi connectivity index (χ3v) is 7.60. The molecule has 2 heterocycles. The zero-order valence-corrected chi connectivity index (χ0v) is 24.6. The molecule has 15 nitrogen and oxygen atoms in total. The molecule has 5 atom stereocenters. The summed E-state index contributed by atoms with van der Waals surface area (Å²) in [5.74, 6) is -1.91. The lowest BCUT2D eigenvalue weighted by atomic mass is 10.1. The predicted octanol–water partition coefficient (Wildman–Crippen LogP) is -2.65. The lowest BCUT2D eigenvalue weighted by Crippen LogP contribution is -2.56. The maximum atomic E-state index is 13.2. The van der Waals surface area contributed by atoms with Crippen LogP contribution in [-0.2, 0) is 24.0 Å². The zero-order valence-electron chi connectivity index (χ0n) is 24.6. The van der Waals surface area contributed by atoms with Gasteiger partial charge >= 0.3 is 6.03 Å². The minimum Gasteiger partial charge on any atom is -0.368 e. The number of urea groups is 1. The van der Waals surface area contributed by atoms with E-state index in [2.05, 4.69) is 31.9 Å². The Hall–Kier alpha value is -3.46. The molecule has 41 heavy (non-hydrogen) atoms. The van der Waals surface area contributed by atoms with Crippen molar-refractivity contribution in [3.8, 4) is 0 Å². The average Bonchev–Trinajstić information content (AvgIpc) is 3.67. The molecule has 0 aromatic carbocycles. The Labute approximate surface area is 241 Å². The van der Waals surface area contributed by atoms with E-state index in [1.165, 1.54) is 4.90 Å². The second kappa shape index (κ2) is 16.7. The molecule has 2 saturated heterocycles. The van der Waals surface area contributed by atoms with Crippen LogP contribution in [0, 0.1) is 0 Å². The number of nitrogens with two attached hydrogens (primary N) is 1. The van der Waals surface area contributed by atoms with Crippen molar-refractivity contribution in [1.29, 1.82) is 0 Å². The van der Waals surface area contributed by atoms with Crippen molar-refractivity contribution in [1.82, 2.24) is 41.7 Å². The molecule has 2 fully saturated rings. The van der Waals surface area contributed by atoms with Gasteiger partial charge in [-0.3, -0.25) is 24.0 Å². The second-order valence-electron chi connectivity index (χ2n) is 10.5. The highest BCUT2D eigenvalue weighted by Crippen LogP contribution is 2.18. The molecule has 8 N–H and O–H groups in total. The second-order valence-corrected chi connectivity index (χ2v) is 10.5. The van der Waals surface area contributed by atoms with E-state index in [1.54, 1.807) is 32.8 Å². The van der Waals surface area contributed by atoms with E-state index >= 15 is 0 Å². The smallest absolute Gasteiger partial charge is 0.314 e.